The van der Waals surface area contributed by atoms with E-state index in [2.05, 4.69) is 9.98 Å². The molecule has 26 heavy (non-hydrogen) atoms. The number of hydrogen-bond donors (Lipinski definition) is 2. The quantitative estimate of drug-likeness (QED) is 0.669. The van der Waals surface area contributed by atoms with Crippen molar-refractivity contribution in [3.8, 4) is 17.2 Å². The third-order valence-electron chi connectivity index (χ3n) is 3.96. The number of pyridine rings is 1. The molecule has 3 aromatic rings. The number of aromatic nitrogens is 1. The Balaban J connectivity index is 1.76. The lowest BCUT2D eigenvalue weighted by Crippen LogP contribution is -1.97. The number of hydrogen-bond acceptors (Lipinski definition) is 5. The van der Waals surface area contributed by atoms with Crippen LogP contribution in [0.25, 0.3) is 0 Å². The molecule has 0 saturated heterocycles. The average Bonchev–Trinajstić information content (AvgIpc) is 2.66. The van der Waals surface area contributed by atoms with E-state index in [0.717, 1.165) is 5.75 Å². The molecule has 2 aromatic carbocycles. The third kappa shape index (κ3) is 4.07. The lowest BCUT2D eigenvalue weighted by atomic mass is 10.1. The summed E-state index contributed by atoms with van der Waals surface area (Å²) in [5.74, 6) is 1.52. The summed E-state index contributed by atoms with van der Waals surface area (Å²) in [5, 5.41) is 19.5. The highest BCUT2D eigenvalue weighted by Gasteiger charge is 2.09. The summed E-state index contributed by atoms with van der Waals surface area (Å²) < 4.78 is 5.79. The summed E-state index contributed by atoms with van der Waals surface area (Å²) >= 11 is 0. The van der Waals surface area contributed by atoms with Gasteiger partial charge in [-0.2, -0.15) is 0 Å². The van der Waals surface area contributed by atoms with E-state index in [9.17, 15) is 10.2 Å². The first-order chi connectivity index (χ1) is 12.6. The second-order valence-corrected chi connectivity index (χ2v) is 5.96. The van der Waals surface area contributed by atoms with Crippen LogP contribution in [0.2, 0.25) is 0 Å². The number of benzene rings is 2. The smallest absolute Gasteiger partial charge is 0.145 e. The molecule has 0 aliphatic carbocycles. The van der Waals surface area contributed by atoms with Crippen molar-refractivity contribution >= 4 is 11.9 Å². The van der Waals surface area contributed by atoms with Gasteiger partial charge in [-0.3, -0.25) is 9.98 Å². The number of aliphatic hydroxyl groups is 1. The molecule has 0 fully saturated rings. The molecule has 5 nitrogen and oxygen atoms in total. The maximum atomic E-state index is 10.1. The molecule has 0 spiro atoms. The Kier molecular flexibility index (Phi) is 5.29. The van der Waals surface area contributed by atoms with Gasteiger partial charge >= 0.3 is 0 Å². The van der Waals surface area contributed by atoms with Gasteiger partial charge in [-0.1, -0.05) is 17.7 Å². The minimum absolute atomic E-state index is 0.0274. The number of rotatable bonds is 5. The maximum Gasteiger partial charge on any atom is 0.145 e. The molecule has 2 N–H and O–H groups in total. The van der Waals surface area contributed by atoms with E-state index in [1.807, 2.05) is 55.5 Å². The van der Waals surface area contributed by atoms with Gasteiger partial charge in [-0.25, -0.2) is 0 Å². The highest BCUT2D eigenvalue weighted by molar-refractivity contribution is 5.87. The number of aliphatic hydroxyl groups excluding tert-OH is 1. The first-order valence-electron chi connectivity index (χ1n) is 8.24. The second kappa shape index (κ2) is 7.80. The Morgan fingerprint density at radius 2 is 1.62 bits per heavy atom. The van der Waals surface area contributed by atoms with Gasteiger partial charge in [0.2, 0.25) is 0 Å². The van der Waals surface area contributed by atoms with Gasteiger partial charge in [-0.05, 0) is 50.2 Å². The van der Waals surface area contributed by atoms with Crippen molar-refractivity contribution in [2.24, 2.45) is 4.99 Å². The molecule has 0 aliphatic heterocycles. The van der Waals surface area contributed by atoms with Crippen molar-refractivity contribution in [2.75, 3.05) is 0 Å². The van der Waals surface area contributed by atoms with Gasteiger partial charge in [-0.15, -0.1) is 0 Å². The molecule has 1 aromatic heterocycles. The van der Waals surface area contributed by atoms with Crippen LogP contribution in [0.15, 0.2) is 59.7 Å². The normalized spacial score (nSPS) is 11.0. The van der Waals surface area contributed by atoms with Crippen molar-refractivity contribution in [3.63, 3.8) is 0 Å². The van der Waals surface area contributed by atoms with Crippen molar-refractivity contribution < 1.29 is 14.9 Å². The maximum absolute atomic E-state index is 10.1. The summed E-state index contributed by atoms with van der Waals surface area (Å²) in [6, 6.07) is 15.1. The Hall–Kier alpha value is -3.18. The number of aryl methyl sites for hydroxylation is 2. The van der Waals surface area contributed by atoms with E-state index in [1.54, 1.807) is 6.92 Å². The van der Waals surface area contributed by atoms with E-state index in [0.29, 0.717) is 28.3 Å². The van der Waals surface area contributed by atoms with Crippen LogP contribution in [0, 0.1) is 13.8 Å². The fourth-order valence-electron chi connectivity index (χ4n) is 2.40. The lowest BCUT2D eigenvalue weighted by molar-refractivity contribution is 0.280. The fourth-order valence-corrected chi connectivity index (χ4v) is 2.40. The number of aromatic hydroxyl groups is 1. The number of ether oxygens (including phenoxy) is 1. The minimum Gasteiger partial charge on any atom is -0.505 e. The van der Waals surface area contributed by atoms with E-state index in [-0.39, 0.29) is 12.4 Å². The van der Waals surface area contributed by atoms with Gasteiger partial charge in [0.1, 0.15) is 17.2 Å². The van der Waals surface area contributed by atoms with Crippen LogP contribution in [0.5, 0.6) is 17.2 Å². The summed E-state index contributed by atoms with van der Waals surface area (Å²) in [6.07, 6.45) is 3.07. The third-order valence-corrected chi connectivity index (χ3v) is 3.96. The van der Waals surface area contributed by atoms with Crippen LogP contribution in [0.4, 0.5) is 5.69 Å². The summed E-state index contributed by atoms with van der Waals surface area (Å²) in [5.41, 5.74) is 3.37. The molecule has 5 heteroatoms. The van der Waals surface area contributed by atoms with Crippen molar-refractivity contribution in [1.82, 2.24) is 4.98 Å². The summed E-state index contributed by atoms with van der Waals surface area (Å²) in [6.45, 7) is 3.51. The van der Waals surface area contributed by atoms with E-state index >= 15 is 0 Å². The molecule has 0 amide bonds. The summed E-state index contributed by atoms with van der Waals surface area (Å²) in [4.78, 5) is 8.40. The molecule has 0 aliphatic rings. The lowest BCUT2D eigenvalue weighted by Gasteiger charge is -2.07. The molecule has 132 valence electrons. The second-order valence-electron chi connectivity index (χ2n) is 5.96. The molecule has 1 heterocycles. The Morgan fingerprint density at radius 1 is 1.00 bits per heavy atom. The van der Waals surface area contributed by atoms with Crippen molar-refractivity contribution in [1.29, 1.82) is 0 Å². The van der Waals surface area contributed by atoms with Gasteiger partial charge in [0.25, 0.3) is 0 Å². The Morgan fingerprint density at radius 3 is 2.23 bits per heavy atom. The van der Waals surface area contributed by atoms with Crippen LogP contribution in [0.1, 0.15) is 22.4 Å². The highest BCUT2D eigenvalue weighted by atomic mass is 16.5. The zero-order chi connectivity index (χ0) is 18.5. The van der Waals surface area contributed by atoms with Crippen LogP contribution in [-0.2, 0) is 6.61 Å². The molecule has 0 bridgehead atoms. The Bertz CT molecular complexity index is 917. The van der Waals surface area contributed by atoms with Crippen LogP contribution in [-0.4, -0.2) is 21.4 Å². The summed E-state index contributed by atoms with van der Waals surface area (Å²) in [7, 11) is 0. The predicted octanol–water partition coefficient (Wildman–Crippen LogP) is 4.44. The van der Waals surface area contributed by atoms with E-state index in [4.69, 9.17) is 4.74 Å². The molecule has 0 unspecified atom stereocenters. The standard InChI is InChI=1S/C21H20N2O3/c1-14-3-7-18(8-4-14)26-19-9-5-17(6-10-19)23-12-20-16(13-24)11-22-15(2)21(20)25/h3-12,24-25H,13H2,1-2H3. The number of aliphatic imine (C=N–C) groups is 1. The highest BCUT2D eigenvalue weighted by Crippen LogP contribution is 2.26. The van der Waals surface area contributed by atoms with Crippen LogP contribution >= 0.6 is 0 Å². The van der Waals surface area contributed by atoms with Crippen molar-refractivity contribution in [3.05, 3.63) is 77.1 Å². The fraction of sp³-hybridized carbons (Fsp3) is 0.143. The first-order valence-corrected chi connectivity index (χ1v) is 8.24. The van der Waals surface area contributed by atoms with E-state index in [1.165, 1.54) is 18.0 Å². The Labute approximate surface area is 152 Å². The van der Waals surface area contributed by atoms with Gasteiger partial charge < -0.3 is 14.9 Å². The number of nitrogens with zero attached hydrogens (tertiary/aromatic N) is 2. The molecule has 0 saturated carbocycles. The van der Waals surface area contributed by atoms with Gasteiger partial charge in [0.05, 0.1) is 18.0 Å². The molecular weight excluding hydrogens is 328 g/mol. The van der Waals surface area contributed by atoms with Gasteiger partial charge in [0.15, 0.2) is 0 Å². The zero-order valence-electron chi connectivity index (χ0n) is 14.7. The van der Waals surface area contributed by atoms with Gasteiger partial charge in [0, 0.05) is 23.5 Å². The molecule has 3 rings (SSSR count). The SMILES string of the molecule is Cc1ccc(Oc2ccc(N=Cc3c(CO)cnc(C)c3O)cc2)cc1. The predicted molar refractivity (Wildman–Crippen MR) is 102 cm³/mol. The average molecular weight is 348 g/mol. The van der Waals surface area contributed by atoms with Crippen LogP contribution in [0.3, 0.4) is 0 Å². The molecular formula is C21H20N2O3. The van der Waals surface area contributed by atoms with Crippen LogP contribution < -0.4 is 4.74 Å². The van der Waals surface area contributed by atoms with Crippen molar-refractivity contribution in [2.45, 2.75) is 20.5 Å². The van der Waals surface area contributed by atoms with E-state index < -0.39 is 0 Å². The molecule has 0 radical (unpaired) electrons. The topological polar surface area (TPSA) is 74.9 Å². The monoisotopic (exact) mass is 348 g/mol. The zero-order valence-corrected chi connectivity index (χ0v) is 14.7. The first kappa shape index (κ1) is 17.6. The minimum atomic E-state index is -0.217. The largest absolute Gasteiger partial charge is 0.505 e. The molecule has 0 atom stereocenters.